The van der Waals surface area contributed by atoms with E-state index in [9.17, 15) is 14.0 Å². The number of nitrogens with zero attached hydrogens (tertiary/aromatic N) is 4. The maximum Gasteiger partial charge on any atom is 0.255 e. The summed E-state index contributed by atoms with van der Waals surface area (Å²) in [6, 6.07) is 3.69. The number of nitrogens with one attached hydrogen (secondary N) is 4. The molecule has 3 aromatic rings. The first-order chi connectivity index (χ1) is 17.9. The molecule has 4 heterocycles. The summed E-state index contributed by atoms with van der Waals surface area (Å²) in [6.07, 6.45) is 9.12. The van der Waals surface area contributed by atoms with Crippen LogP contribution in [0.4, 0.5) is 21.7 Å². The molecule has 12 heteroatoms. The van der Waals surface area contributed by atoms with Gasteiger partial charge in [0.15, 0.2) is 17.3 Å². The number of hydrogen-bond acceptors (Lipinski definition) is 8. The fourth-order valence-electron chi connectivity index (χ4n) is 4.86. The fourth-order valence-corrected chi connectivity index (χ4v) is 4.86. The van der Waals surface area contributed by atoms with Crippen molar-refractivity contribution in [3.8, 4) is 0 Å². The van der Waals surface area contributed by atoms with E-state index in [4.69, 9.17) is 4.74 Å². The minimum atomic E-state index is -0.575. The van der Waals surface area contributed by atoms with Crippen molar-refractivity contribution in [2.75, 3.05) is 23.8 Å². The Labute approximate surface area is 213 Å². The van der Waals surface area contributed by atoms with E-state index in [1.54, 1.807) is 18.3 Å². The van der Waals surface area contributed by atoms with Crippen LogP contribution in [0.3, 0.4) is 0 Å². The highest BCUT2D eigenvalue weighted by atomic mass is 19.1. The van der Waals surface area contributed by atoms with Gasteiger partial charge in [0.2, 0.25) is 5.91 Å². The summed E-state index contributed by atoms with van der Waals surface area (Å²) in [5.74, 6) is -0.450. The molecule has 2 aliphatic rings. The van der Waals surface area contributed by atoms with Crippen LogP contribution in [0.1, 0.15) is 55.8 Å². The summed E-state index contributed by atoms with van der Waals surface area (Å²) in [5, 5.41) is 16.5. The second-order valence-corrected chi connectivity index (χ2v) is 9.57. The molecule has 0 bridgehead atoms. The Morgan fingerprint density at radius 1 is 1.05 bits per heavy atom. The highest BCUT2D eigenvalue weighted by molar-refractivity contribution is 6.00. The second kappa shape index (κ2) is 11.1. The number of pyridine rings is 1. The molecule has 0 unspecified atom stereocenters. The molecule has 0 spiro atoms. The van der Waals surface area contributed by atoms with Crippen molar-refractivity contribution in [2.24, 2.45) is 0 Å². The van der Waals surface area contributed by atoms with E-state index in [1.807, 2.05) is 0 Å². The zero-order valence-electron chi connectivity index (χ0n) is 20.7. The molecule has 2 fully saturated rings. The lowest BCUT2D eigenvalue weighted by molar-refractivity contribution is -0.119. The van der Waals surface area contributed by atoms with Crippen molar-refractivity contribution in [1.82, 2.24) is 30.2 Å². The van der Waals surface area contributed by atoms with Crippen LogP contribution in [-0.4, -0.2) is 62.7 Å². The van der Waals surface area contributed by atoms with Crippen molar-refractivity contribution < 1.29 is 18.7 Å². The number of fused-ring (bicyclic) bond motifs is 1. The van der Waals surface area contributed by atoms with E-state index in [1.165, 1.54) is 23.8 Å². The number of rotatable bonds is 7. The van der Waals surface area contributed by atoms with Crippen molar-refractivity contribution >= 4 is 34.8 Å². The Kier molecular flexibility index (Phi) is 7.45. The van der Waals surface area contributed by atoms with Gasteiger partial charge in [-0.05, 0) is 38.5 Å². The second-order valence-electron chi connectivity index (χ2n) is 9.57. The first-order valence-corrected chi connectivity index (χ1v) is 12.6. The largest absolute Gasteiger partial charge is 0.381 e. The number of aromatic nitrogens is 4. The van der Waals surface area contributed by atoms with Gasteiger partial charge in [0.25, 0.3) is 5.91 Å². The lowest BCUT2D eigenvalue weighted by Crippen LogP contribution is -2.43. The number of ether oxygens (including phenoxy) is 1. The van der Waals surface area contributed by atoms with Gasteiger partial charge in [0.05, 0.1) is 23.6 Å². The molecule has 2 amide bonds. The maximum atomic E-state index is 14.6. The molecule has 1 saturated carbocycles. The molecule has 1 saturated heterocycles. The van der Waals surface area contributed by atoms with Crippen LogP contribution in [-0.2, 0) is 9.53 Å². The lowest BCUT2D eigenvalue weighted by atomic mass is 9.91. The van der Waals surface area contributed by atoms with Gasteiger partial charge in [-0.15, -0.1) is 0 Å². The Hall–Kier alpha value is -3.80. The Morgan fingerprint density at radius 3 is 2.51 bits per heavy atom. The zero-order chi connectivity index (χ0) is 25.8. The van der Waals surface area contributed by atoms with Gasteiger partial charge in [-0.1, -0.05) is 0 Å². The average molecular weight is 511 g/mol. The smallest absolute Gasteiger partial charge is 0.255 e. The van der Waals surface area contributed by atoms with Crippen LogP contribution in [0.15, 0.2) is 30.7 Å². The highest BCUT2D eigenvalue weighted by Gasteiger charge is 2.25. The zero-order valence-corrected chi connectivity index (χ0v) is 20.7. The summed E-state index contributed by atoms with van der Waals surface area (Å²) in [4.78, 5) is 33.3. The predicted octanol–water partition coefficient (Wildman–Crippen LogP) is 2.78. The van der Waals surface area contributed by atoms with Gasteiger partial charge < -0.3 is 26.0 Å². The van der Waals surface area contributed by atoms with Crippen LogP contribution in [0.2, 0.25) is 0 Å². The summed E-state index contributed by atoms with van der Waals surface area (Å²) >= 11 is 0. The van der Waals surface area contributed by atoms with Crippen LogP contribution in [0.25, 0.3) is 5.65 Å². The third kappa shape index (κ3) is 6.13. The van der Waals surface area contributed by atoms with Crippen LogP contribution < -0.4 is 21.3 Å². The van der Waals surface area contributed by atoms with E-state index in [2.05, 4.69) is 36.3 Å². The molecule has 0 aromatic carbocycles. The van der Waals surface area contributed by atoms with Crippen molar-refractivity contribution in [3.63, 3.8) is 0 Å². The van der Waals surface area contributed by atoms with Crippen molar-refractivity contribution in [3.05, 3.63) is 42.1 Å². The molecular formula is C25H31FN8O3. The summed E-state index contributed by atoms with van der Waals surface area (Å²) in [7, 11) is 0. The van der Waals surface area contributed by atoms with E-state index in [-0.39, 0.29) is 35.8 Å². The highest BCUT2D eigenvalue weighted by Crippen LogP contribution is 2.26. The minimum Gasteiger partial charge on any atom is -0.381 e. The first-order valence-electron chi connectivity index (χ1n) is 12.6. The lowest BCUT2D eigenvalue weighted by Gasteiger charge is -2.30. The summed E-state index contributed by atoms with van der Waals surface area (Å²) < 4.78 is 21.4. The Morgan fingerprint density at radius 2 is 1.78 bits per heavy atom. The molecule has 37 heavy (non-hydrogen) atoms. The van der Waals surface area contributed by atoms with Gasteiger partial charge in [0, 0.05) is 56.6 Å². The van der Waals surface area contributed by atoms with E-state index in [0.29, 0.717) is 35.9 Å². The predicted molar refractivity (Wildman–Crippen MR) is 135 cm³/mol. The molecule has 5 rings (SSSR count). The fraction of sp³-hybridized carbons (Fsp3) is 0.480. The van der Waals surface area contributed by atoms with Crippen molar-refractivity contribution in [2.45, 2.75) is 63.6 Å². The molecule has 1 aliphatic heterocycles. The topological polar surface area (TPSA) is 135 Å². The van der Waals surface area contributed by atoms with Crippen LogP contribution in [0.5, 0.6) is 0 Å². The van der Waals surface area contributed by atoms with E-state index in [0.717, 1.165) is 38.5 Å². The van der Waals surface area contributed by atoms with Gasteiger partial charge in [0.1, 0.15) is 5.82 Å². The Balaban J connectivity index is 1.33. The number of halogens is 1. The number of amides is 2. The number of carbonyl (C=O) groups is 2. The van der Waals surface area contributed by atoms with Gasteiger partial charge in [-0.3, -0.25) is 9.59 Å². The quantitative estimate of drug-likeness (QED) is 0.381. The Bertz CT molecular complexity index is 1270. The molecule has 0 atom stereocenters. The number of anilines is 3. The SMILES string of the molecule is CC(=O)N[C@H]1CC[C@H](NC(=O)c2cnc(Nc3nc4ccnn4cc3F)cc2NC2CCOCC2)CC1. The third-order valence-electron chi connectivity index (χ3n) is 6.78. The van der Waals surface area contributed by atoms with Crippen molar-refractivity contribution in [1.29, 1.82) is 0 Å². The first kappa shape index (κ1) is 24.9. The third-order valence-corrected chi connectivity index (χ3v) is 6.78. The molecule has 11 nitrogen and oxygen atoms in total. The van der Waals surface area contributed by atoms with Gasteiger partial charge >= 0.3 is 0 Å². The minimum absolute atomic E-state index is 0.0191. The normalized spacial score (nSPS) is 20.4. The monoisotopic (exact) mass is 510 g/mol. The van der Waals surface area contributed by atoms with E-state index < -0.39 is 5.82 Å². The molecule has 196 valence electrons. The van der Waals surface area contributed by atoms with Crippen LogP contribution in [0, 0.1) is 5.82 Å². The van der Waals surface area contributed by atoms with E-state index >= 15 is 0 Å². The summed E-state index contributed by atoms with van der Waals surface area (Å²) in [5.41, 5.74) is 1.52. The molecule has 0 radical (unpaired) electrons. The number of hydrogen-bond donors (Lipinski definition) is 4. The number of carbonyl (C=O) groups excluding carboxylic acids is 2. The standard InChI is InChI=1S/C25H31FN8O3/c1-15(35)29-16-2-4-17(5-3-16)31-25(36)19-13-27-22(12-21(19)30-18-7-10-37-11-8-18)32-24-20(26)14-34-23(33-24)6-9-28-34/h6,9,12-14,16-18H,2-5,7-8,10-11H2,1H3,(H,29,35)(H,31,36)(H2,27,30,32,33)/t16-,17-. The summed E-state index contributed by atoms with van der Waals surface area (Å²) in [6.45, 7) is 2.81. The molecular weight excluding hydrogens is 479 g/mol. The molecule has 1 aliphatic carbocycles. The maximum absolute atomic E-state index is 14.6. The molecule has 3 aromatic heterocycles. The molecule has 4 N–H and O–H groups in total. The van der Waals surface area contributed by atoms with Gasteiger partial charge in [-0.25, -0.2) is 18.9 Å². The average Bonchev–Trinajstić information content (AvgIpc) is 3.33. The van der Waals surface area contributed by atoms with Gasteiger partial charge in [-0.2, -0.15) is 5.10 Å². The van der Waals surface area contributed by atoms with Crippen LogP contribution >= 0.6 is 0 Å².